The van der Waals surface area contributed by atoms with Gasteiger partial charge in [0.25, 0.3) is 0 Å². The molecule has 1 aliphatic rings. The van der Waals surface area contributed by atoms with Crippen molar-refractivity contribution < 1.29 is 9.47 Å². The van der Waals surface area contributed by atoms with Crippen molar-refractivity contribution in [2.75, 3.05) is 20.3 Å². The van der Waals surface area contributed by atoms with E-state index in [0.29, 0.717) is 18.8 Å². The molecule has 1 rings (SSSR count). The molecule has 3 heteroatoms. The summed E-state index contributed by atoms with van der Waals surface area (Å²) >= 11 is 0. The van der Waals surface area contributed by atoms with Crippen molar-refractivity contribution in [3.8, 4) is 0 Å². The molecule has 0 aromatic carbocycles. The minimum atomic E-state index is -0.0452. The average molecular weight is 201 g/mol. The minimum absolute atomic E-state index is 0.0452. The third-order valence-electron chi connectivity index (χ3n) is 2.48. The predicted molar refractivity (Wildman–Crippen MR) is 57.5 cm³/mol. The van der Waals surface area contributed by atoms with Gasteiger partial charge in [0.05, 0.1) is 24.9 Å². The number of hydrogen-bond acceptors (Lipinski definition) is 3. The number of nitrogens with one attached hydrogen (secondary N) is 1. The second kappa shape index (κ2) is 5.10. The van der Waals surface area contributed by atoms with Crippen LogP contribution >= 0.6 is 0 Å². The van der Waals surface area contributed by atoms with Crippen molar-refractivity contribution in [1.82, 2.24) is 5.32 Å². The molecule has 0 aliphatic heterocycles. The van der Waals surface area contributed by atoms with Gasteiger partial charge in [-0.3, -0.25) is 0 Å². The lowest BCUT2D eigenvalue weighted by Crippen LogP contribution is -2.44. The molecule has 0 saturated heterocycles. The summed E-state index contributed by atoms with van der Waals surface area (Å²) < 4.78 is 11.2. The highest BCUT2D eigenvalue weighted by molar-refractivity contribution is 4.84. The van der Waals surface area contributed by atoms with Gasteiger partial charge in [-0.25, -0.2) is 0 Å². The van der Waals surface area contributed by atoms with Crippen LogP contribution in [0.3, 0.4) is 0 Å². The Bertz CT molecular complexity index is 159. The van der Waals surface area contributed by atoms with Gasteiger partial charge < -0.3 is 14.8 Å². The SMILES string of the molecule is CNC1CC(OCCOC(C)(C)C)C1. The quantitative estimate of drug-likeness (QED) is 0.685. The van der Waals surface area contributed by atoms with E-state index < -0.39 is 0 Å². The van der Waals surface area contributed by atoms with E-state index >= 15 is 0 Å². The molecule has 0 aromatic heterocycles. The maximum absolute atomic E-state index is 5.64. The van der Waals surface area contributed by atoms with E-state index in [4.69, 9.17) is 9.47 Å². The first-order chi connectivity index (χ1) is 6.51. The Labute approximate surface area is 87.2 Å². The predicted octanol–water partition coefficient (Wildman–Crippen LogP) is 1.57. The Morgan fingerprint density at radius 3 is 2.36 bits per heavy atom. The van der Waals surface area contributed by atoms with Crippen LogP contribution in [-0.2, 0) is 9.47 Å². The van der Waals surface area contributed by atoms with Gasteiger partial charge in [0.15, 0.2) is 0 Å². The summed E-state index contributed by atoms with van der Waals surface area (Å²) in [7, 11) is 2.00. The van der Waals surface area contributed by atoms with E-state index in [9.17, 15) is 0 Å². The van der Waals surface area contributed by atoms with Gasteiger partial charge >= 0.3 is 0 Å². The highest BCUT2D eigenvalue weighted by Crippen LogP contribution is 2.22. The Hall–Kier alpha value is -0.120. The molecular weight excluding hydrogens is 178 g/mol. The zero-order valence-corrected chi connectivity index (χ0v) is 9.80. The molecule has 3 nitrogen and oxygen atoms in total. The zero-order valence-electron chi connectivity index (χ0n) is 9.80. The van der Waals surface area contributed by atoms with Gasteiger partial charge in [-0.05, 0) is 40.7 Å². The molecule has 0 amide bonds. The second-order valence-electron chi connectivity index (χ2n) is 4.91. The van der Waals surface area contributed by atoms with Crippen LogP contribution in [0.4, 0.5) is 0 Å². The fourth-order valence-corrected chi connectivity index (χ4v) is 1.50. The van der Waals surface area contributed by atoms with E-state index in [1.165, 1.54) is 0 Å². The van der Waals surface area contributed by atoms with E-state index in [1.54, 1.807) is 0 Å². The lowest BCUT2D eigenvalue weighted by molar-refractivity contribution is -0.0732. The fourth-order valence-electron chi connectivity index (χ4n) is 1.50. The first kappa shape index (κ1) is 12.0. The van der Waals surface area contributed by atoms with Crippen LogP contribution < -0.4 is 5.32 Å². The summed E-state index contributed by atoms with van der Waals surface area (Å²) in [5, 5.41) is 3.23. The smallest absolute Gasteiger partial charge is 0.0707 e. The molecule has 0 unspecified atom stereocenters. The number of hydrogen-bond donors (Lipinski definition) is 1. The number of rotatable bonds is 5. The van der Waals surface area contributed by atoms with Crippen molar-refractivity contribution in [3.05, 3.63) is 0 Å². The van der Waals surface area contributed by atoms with Crippen molar-refractivity contribution in [2.24, 2.45) is 0 Å². The van der Waals surface area contributed by atoms with Crippen LogP contribution in [0.5, 0.6) is 0 Å². The maximum Gasteiger partial charge on any atom is 0.0707 e. The topological polar surface area (TPSA) is 30.5 Å². The van der Waals surface area contributed by atoms with Crippen LogP contribution in [0.2, 0.25) is 0 Å². The fraction of sp³-hybridized carbons (Fsp3) is 1.00. The summed E-state index contributed by atoms with van der Waals surface area (Å²) in [6.07, 6.45) is 2.74. The first-order valence-electron chi connectivity index (χ1n) is 5.44. The highest BCUT2D eigenvalue weighted by atomic mass is 16.5. The molecule has 1 aliphatic carbocycles. The summed E-state index contributed by atoms with van der Waals surface area (Å²) in [6.45, 7) is 7.61. The zero-order chi connectivity index (χ0) is 10.6. The monoisotopic (exact) mass is 201 g/mol. The summed E-state index contributed by atoms with van der Waals surface area (Å²) in [5.41, 5.74) is -0.0452. The number of ether oxygens (including phenoxy) is 2. The normalized spacial score (nSPS) is 27.4. The molecule has 0 aromatic rings. The molecule has 0 atom stereocenters. The molecule has 1 N–H and O–H groups in total. The van der Waals surface area contributed by atoms with Crippen molar-refractivity contribution >= 4 is 0 Å². The molecule has 0 spiro atoms. The minimum Gasteiger partial charge on any atom is -0.376 e. The van der Waals surface area contributed by atoms with E-state index in [1.807, 2.05) is 7.05 Å². The van der Waals surface area contributed by atoms with E-state index in [0.717, 1.165) is 19.4 Å². The Morgan fingerprint density at radius 2 is 1.86 bits per heavy atom. The van der Waals surface area contributed by atoms with Gasteiger partial charge in [0.2, 0.25) is 0 Å². The van der Waals surface area contributed by atoms with Gasteiger partial charge in [0.1, 0.15) is 0 Å². The van der Waals surface area contributed by atoms with Crippen LogP contribution in [0, 0.1) is 0 Å². The van der Waals surface area contributed by atoms with Gasteiger partial charge in [-0.15, -0.1) is 0 Å². The van der Waals surface area contributed by atoms with Gasteiger partial charge in [-0.1, -0.05) is 0 Å². The van der Waals surface area contributed by atoms with Crippen molar-refractivity contribution in [3.63, 3.8) is 0 Å². The standard InChI is InChI=1S/C11H23NO2/c1-11(2,3)14-6-5-13-10-7-9(8-10)12-4/h9-10,12H,5-8H2,1-4H3. The van der Waals surface area contributed by atoms with Gasteiger partial charge in [0, 0.05) is 6.04 Å². The van der Waals surface area contributed by atoms with Crippen molar-refractivity contribution in [1.29, 1.82) is 0 Å². The second-order valence-corrected chi connectivity index (χ2v) is 4.91. The Morgan fingerprint density at radius 1 is 1.21 bits per heavy atom. The van der Waals surface area contributed by atoms with Crippen LogP contribution in [-0.4, -0.2) is 38.0 Å². The molecular formula is C11H23NO2. The van der Waals surface area contributed by atoms with E-state index in [2.05, 4.69) is 26.1 Å². The third-order valence-corrected chi connectivity index (χ3v) is 2.48. The summed E-state index contributed by atoms with van der Waals surface area (Å²) in [4.78, 5) is 0. The Balaban J connectivity index is 1.91. The van der Waals surface area contributed by atoms with E-state index in [-0.39, 0.29) is 5.60 Å². The molecule has 0 radical (unpaired) electrons. The lowest BCUT2D eigenvalue weighted by atomic mass is 9.89. The largest absolute Gasteiger partial charge is 0.376 e. The molecule has 0 heterocycles. The van der Waals surface area contributed by atoms with Crippen molar-refractivity contribution in [2.45, 2.75) is 51.4 Å². The Kier molecular flexibility index (Phi) is 4.35. The lowest BCUT2D eigenvalue weighted by Gasteiger charge is -2.35. The maximum atomic E-state index is 5.64. The summed E-state index contributed by atoms with van der Waals surface area (Å²) in [5.74, 6) is 0. The molecule has 1 fully saturated rings. The molecule has 14 heavy (non-hydrogen) atoms. The molecule has 0 bridgehead atoms. The molecule has 84 valence electrons. The van der Waals surface area contributed by atoms with Crippen LogP contribution in [0.15, 0.2) is 0 Å². The first-order valence-corrected chi connectivity index (χ1v) is 5.44. The highest BCUT2D eigenvalue weighted by Gasteiger charge is 2.28. The van der Waals surface area contributed by atoms with Gasteiger partial charge in [-0.2, -0.15) is 0 Å². The summed E-state index contributed by atoms with van der Waals surface area (Å²) in [6, 6.07) is 0.670. The van der Waals surface area contributed by atoms with Crippen LogP contribution in [0.25, 0.3) is 0 Å². The average Bonchev–Trinajstić information content (AvgIpc) is 1.98. The third kappa shape index (κ3) is 4.40. The molecule has 1 saturated carbocycles. The van der Waals surface area contributed by atoms with Crippen LogP contribution in [0.1, 0.15) is 33.6 Å².